The average Bonchev–Trinajstić information content (AvgIpc) is 2.39. The molecule has 2 heterocycles. The van der Waals surface area contributed by atoms with Gasteiger partial charge in [-0.3, -0.25) is 4.98 Å². The summed E-state index contributed by atoms with van der Waals surface area (Å²) in [6.07, 6.45) is 3.74. The second kappa shape index (κ2) is 7.13. The number of aromatic nitrogens is 3. The molecule has 0 bridgehead atoms. The van der Waals surface area contributed by atoms with Crippen molar-refractivity contribution < 1.29 is 0 Å². The van der Waals surface area contributed by atoms with Gasteiger partial charge in [-0.1, -0.05) is 13.3 Å². The van der Waals surface area contributed by atoms with Crippen LogP contribution in [0.15, 0.2) is 27.3 Å². The number of nitrogens with one attached hydrogen (secondary N) is 1. The first-order valence-electron chi connectivity index (χ1n) is 6.57. The zero-order chi connectivity index (χ0) is 14.5. The van der Waals surface area contributed by atoms with Crippen LogP contribution in [-0.4, -0.2) is 21.5 Å². The van der Waals surface area contributed by atoms with Crippen LogP contribution in [0.2, 0.25) is 0 Å². The molecule has 0 amide bonds. The molecule has 2 aromatic rings. The van der Waals surface area contributed by atoms with Crippen LogP contribution < -0.4 is 5.32 Å². The van der Waals surface area contributed by atoms with Gasteiger partial charge < -0.3 is 5.32 Å². The molecule has 6 heteroatoms. The Labute approximate surface area is 135 Å². The zero-order valence-corrected chi connectivity index (χ0v) is 14.6. The molecule has 0 aromatic carbocycles. The number of hydrogen-bond donors (Lipinski definition) is 1. The molecular formula is C14H16Br2N4. The van der Waals surface area contributed by atoms with Crippen molar-refractivity contribution in [3.05, 3.63) is 33.0 Å². The van der Waals surface area contributed by atoms with Crippen molar-refractivity contribution in [2.75, 3.05) is 11.9 Å². The van der Waals surface area contributed by atoms with E-state index in [1.54, 1.807) is 6.20 Å². The third-order valence-corrected chi connectivity index (χ3v) is 3.70. The fourth-order valence-electron chi connectivity index (χ4n) is 1.84. The summed E-state index contributed by atoms with van der Waals surface area (Å²) in [6, 6.07) is 3.95. The summed E-state index contributed by atoms with van der Waals surface area (Å²) in [7, 11) is 0. The predicted octanol–water partition coefficient (Wildman–Crippen LogP) is 4.45. The molecule has 0 unspecified atom stereocenters. The zero-order valence-electron chi connectivity index (χ0n) is 11.5. The molecule has 0 aliphatic heterocycles. The topological polar surface area (TPSA) is 50.7 Å². The molecule has 20 heavy (non-hydrogen) atoms. The first-order chi connectivity index (χ1) is 9.63. The van der Waals surface area contributed by atoms with Gasteiger partial charge in [-0.05, 0) is 51.3 Å². The van der Waals surface area contributed by atoms with E-state index in [-0.39, 0.29) is 0 Å². The van der Waals surface area contributed by atoms with Crippen molar-refractivity contribution in [2.24, 2.45) is 0 Å². The first-order valence-corrected chi connectivity index (χ1v) is 8.15. The minimum atomic E-state index is 0.645. The highest BCUT2D eigenvalue weighted by Crippen LogP contribution is 2.27. The van der Waals surface area contributed by atoms with Gasteiger partial charge in [-0.25, -0.2) is 9.97 Å². The van der Waals surface area contributed by atoms with E-state index in [4.69, 9.17) is 0 Å². The van der Waals surface area contributed by atoms with Crippen LogP contribution >= 0.6 is 31.9 Å². The number of hydrogen-bond acceptors (Lipinski definition) is 4. The second-order valence-corrected chi connectivity index (χ2v) is 6.10. The lowest BCUT2D eigenvalue weighted by Crippen LogP contribution is -2.05. The summed E-state index contributed by atoms with van der Waals surface area (Å²) >= 11 is 6.92. The Hall–Kier alpha value is -1.01. The highest BCUT2D eigenvalue weighted by Gasteiger charge is 2.11. The van der Waals surface area contributed by atoms with Gasteiger partial charge >= 0.3 is 0 Å². The first kappa shape index (κ1) is 15.4. The maximum Gasteiger partial charge on any atom is 0.181 e. The summed E-state index contributed by atoms with van der Waals surface area (Å²) in [4.78, 5) is 13.5. The van der Waals surface area contributed by atoms with Gasteiger partial charge in [0.05, 0.1) is 0 Å². The Morgan fingerprint density at radius 1 is 1.15 bits per heavy atom. The molecule has 0 aliphatic carbocycles. The molecule has 2 rings (SSSR count). The van der Waals surface area contributed by atoms with Crippen LogP contribution in [0.4, 0.5) is 5.82 Å². The normalized spacial score (nSPS) is 10.6. The molecule has 0 radical (unpaired) electrons. The van der Waals surface area contributed by atoms with E-state index in [0.717, 1.165) is 45.5 Å². The number of pyridine rings is 1. The van der Waals surface area contributed by atoms with Gasteiger partial charge in [-0.15, -0.1) is 0 Å². The molecule has 4 nitrogen and oxygen atoms in total. The molecule has 0 aliphatic rings. The average molecular weight is 400 g/mol. The van der Waals surface area contributed by atoms with Crippen molar-refractivity contribution in [3.63, 3.8) is 0 Å². The Morgan fingerprint density at radius 3 is 2.60 bits per heavy atom. The van der Waals surface area contributed by atoms with Crippen LogP contribution in [0.25, 0.3) is 11.5 Å². The molecule has 0 saturated carbocycles. The summed E-state index contributed by atoms with van der Waals surface area (Å²) < 4.78 is 1.80. The highest BCUT2D eigenvalue weighted by atomic mass is 79.9. The molecule has 0 atom stereocenters. The van der Waals surface area contributed by atoms with E-state index in [1.165, 1.54) is 0 Å². The maximum absolute atomic E-state index is 4.61. The third-order valence-electron chi connectivity index (χ3n) is 2.66. The van der Waals surface area contributed by atoms with E-state index in [9.17, 15) is 0 Å². The monoisotopic (exact) mass is 398 g/mol. The molecule has 106 valence electrons. The third kappa shape index (κ3) is 3.76. The highest BCUT2D eigenvalue weighted by molar-refractivity contribution is 9.11. The number of rotatable bonds is 5. The van der Waals surface area contributed by atoms with E-state index < -0.39 is 0 Å². The maximum atomic E-state index is 4.61. The van der Waals surface area contributed by atoms with Gasteiger partial charge in [-0.2, -0.15) is 0 Å². The Bertz CT molecular complexity index is 577. The smallest absolute Gasteiger partial charge is 0.181 e. The number of halogens is 2. The minimum absolute atomic E-state index is 0.645. The van der Waals surface area contributed by atoms with E-state index in [2.05, 4.69) is 66.0 Å². The second-order valence-electron chi connectivity index (χ2n) is 4.33. The fourth-order valence-corrected chi connectivity index (χ4v) is 3.00. The molecule has 0 saturated heterocycles. The quantitative estimate of drug-likeness (QED) is 0.806. The molecular weight excluding hydrogens is 384 g/mol. The number of aryl methyl sites for hydroxylation is 1. The Morgan fingerprint density at radius 2 is 1.95 bits per heavy atom. The molecule has 0 fully saturated rings. The van der Waals surface area contributed by atoms with Crippen LogP contribution in [0.1, 0.15) is 26.0 Å². The Balaban J connectivity index is 2.48. The van der Waals surface area contributed by atoms with Crippen LogP contribution in [0, 0.1) is 0 Å². The summed E-state index contributed by atoms with van der Waals surface area (Å²) in [5.74, 6) is 1.49. The van der Waals surface area contributed by atoms with Crippen LogP contribution in [0.5, 0.6) is 0 Å². The van der Waals surface area contributed by atoms with Gasteiger partial charge in [0, 0.05) is 33.4 Å². The number of nitrogens with zero attached hydrogens (tertiary/aromatic N) is 3. The molecule has 1 N–H and O–H groups in total. The Kier molecular flexibility index (Phi) is 5.48. The molecule has 2 aromatic heterocycles. The number of anilines is 1. The van der Waals surface area contributed by atoms with Crippen molar-refractivity contribution >= 4 is 37.7 Å². The lowest BCUT2D eigenvalue weighted by molar-refractivity contribution is 0.873. The largest absolute Gasteiger partial charge is 0.370 e. The van der Waals surface area contributed by atoms with Gasteiger partial charge in [0.1, 0.15) is 11.5 Å². The van der Waals surface area contributed by atoms with Gasteiger partial charge in [0.25, 0.3) is 0 Å². The van der Waals surface area contributed by atoms with Crippen molar-refractivity contribution in [1.82, 2.24) is 15.0 Å². The minimum Gasteiger partial charge on any atom is -0.370 e. The van der Waals surface area contributed by atoms with Crippen molar-refractivity contribution in [1.29, 1.82) is 0 Å². The van der Waals surface area contributed by atoms with E-state index in [1.807, 2.05) is 12.1 Å². The summed E-state index contributed by atoms with van der Waals surface area (Å²) in [5, 5.41) is 3.24. The van der Waals surface area contributed by atoms with E-state index >= 15 is 0 Å². The summed E-state index contributed by atoms with van der Waals surface area (Å²) in [6.45, 7) is 5.02. The standard InChI is InChI=1S/C14H16Br2N4/c1-3-5-10-7-12(17-4-2)20-14(19-10)13-11(16)6-9(15)8-18-13/h6-8H,3-5H2,1-2H3,(H,17,19,20). The lowest BCUT2D eigenvalue weighted by Gasteiger charge is -2.09. The van der Waals surface area contributed by atoms with Gasteiger partial charge in [0.2, 0.25) is 0 Å². The van der Waals surface area contributed by atoms with E-state index in [0.29, 0.717) is 5.82 Å². The van der Waals surface area contributed by atoms with Crippen molar-refractivity contribution in [3.8, 4) is 11.5 Å². The SMILES string of the molecule is CCCc1cc(NCC)nc(-c2ncc(Br)cc2Br)n1. The predicted molar refractivity (Wildman–Crippen MR) is 88.8 cm³/mol. The summed E-state index contributed by atoms with van der Waals surface area (Å²) in [5.41, 5.74) is 1.79. The van der Waals surface area contributed by atoms with Crippen molar-refractivity contribution in [2.45, 2.75) is 26.7 Å². The fraction of sp³-hybridized carbons (Fsp3) is 0.357. The lowest BCUT2D eigenvalue weighted by atomic mass is 10.2. The van der Waals surface area contributed by atoms with Crippen LogP contribution in [-0.2, 0) is 6.42 Å². The van der Waals surface area contributed by atoms with Crippen LogP contribution in [0.3, 0.4) is 0 Å². The van der Waals surface area contributed by atoms with Gasteiger partial charge in [0.15, 0.2) is 5.82 Å². The molecule has 0 spiro atoms.